The van der Waals surface area contributed by atoms with Gasteiger partial charge in [0.15, 0.2) is 0 Å². The van der Waals surface area contributed by atoms with Gasteiger partial charge in [0.1, 0.15) is 5.60 Å². The van der Waals surface area contributed by atoms with Crippen LogP contribution in [0, 0.1) is 19.3 Å². The maximum absolute atomic E-state index is 11.2. The van der Waals surface area contributed by atoms with Crippen LogP contribution in [-0.2, 0) is 27.2 Å². The van der Waals surface area contributed by atoms with Crippen molar-refractivity contribution in [3.8, 4) is 0 Å². The van der Waals surface area contributed by atoms with Crippen molar-refractivity contribution >= 4 is 12.4 Å². The molecular formula is C26H42O4. The second-order valence-corrected chi connectivity index (χ2v) is 9.92. The van der Waals surface area contributed by atoms with E-state index in [1.807, 2.05) is 13.8 Å². The maximum atomic E-state index is 11.2. The predicted molar refractivity (Wildman–Crippen MR) is 123 cm³/mol. The van der Waals surface area contributed by atoms with Crippen LogP contribution in [0.4, 0.5) is 0 Å². The number of carbonyl (C=O) groups excluding carboxylic acids is 1. The van der Waals surface area contributed by atoms with Crippen LogP contribution < -0.4 is 0 Å². The highest BCUT2D eigenvalue weighted by atomic mass is 16.5. The third-order valence-electron chi connectivity index (χ3n) is 6.43. The molecule has 0 aliphatic rings. The first-order valence-electron chi connectivity index (χ1n) is 11.4. The molecule has 0 heterocycles. The molecule has 0 aromatic heterocycles. The van der Waals surface area contributed by atoms with Crippen LogP contribution in [0.25, 0.3) is 0 Å². The molecule has 0 saturated heterocycles. The van der Waals surface area contributed by atoms with Gasteiger partial charge in [0.25, 0.3) is 6.47 Å². The summed E-state index contributed by atoms with van der Waals surface area (Å²) in [5.74, 6) is -0.706. The van der Waals surface area contributed by atoms with Crippen molar-refractivity contribution in [2.45, 2.75) is 111 Å². The number of carboxylic acid groups (broad SMARTS) is 1. The Kier molecular flexibility index (Phi) is 10.6. The molecule has 4 heteroatoms. The first-order chi connectivity index (χ1) is 14.0. The molecule has 1 rings (SSSR count). The van der Waals surface area contributed by atoms with Gasteiger partial charge in [0, 0.05) is 0 Å². The van der Waals surface area contributed by atoms with Gasteiger partial charge in [-0.25, -0.2) is 0 Å². The zero-order valence-electron chi connectivity index (χ0n) is 20.0. The van der Waals surface area contributed by atoms with E-state index in [9.17, 15) is 14.7 Å². The largest absolute Gasteiger partial charge is 0.481 e. The van der Waals surface area contributed by atoms with Gasteiger partial charge in [0.05, 0.1) is 5.41 Å². The second-order valence-electron chi connectivity index (χ2n) is 9.92. The number of benzene rings is 1. The molecule has 0 unspecified atom stereocenters. The Balaban J connectivity index is 2.41. The topological polar surface area (TPSA) is 63.6 Å². The number of unbranched alkanes of at least 4 members (excludes halogenated alkanes) is 4. The lowest BCUT2D eigenvalue weighted by atomic mass is 9.86. The molecule has 0 bridgehead atoms. The van der Waals surface area contributed by atoms with E-state index in [2.05, 4.69) is 26.0 Å². The summed E-state index contributed by atoms with van der Waals surface area (Å²) in [5, 5.41) is 9.20. The van der Waals surface area contributed by atoms with Crippen molar-refractivity contribution in [3.05, 3.63) is 34.4 Å². The summed E-state index contributed by atoms with van der Waals surface area (Å²) in [7, 11) is 0. The minimum atomic E-state index is -0.706. The van der Waals surface area contributed by atoms with E-state index in [-0.39, 0.29) is 5.60 Å². The number of aliphatic carboxylic acids is 1. The molecule has 0 fully saturated rings. The number of carboxylic acids is 1. The number of ether oxygens (including phenoxy) is 1. The van der Waals surface area contributed by atoms with E-state index < -0.39 is 11.4 Å². The van der Waals surface area contributed by atoms with Crippen molar-refractivity contribution in [1.29, 1.82) is 0 Å². The first-order valence-corrected chi connectivity index (χ1v) is 11.4. The zero-order valence-corrected chi connectivity index (χ0v) is 20.0. The van der Waals surface area contributed by atoms with Gasteiger partial charge >= 0.3 is 5.97 Å². The molecular weight excluding hydrogens is 376 g/mol. The van der Waals surface area contributed by atoms with Crippen LogP contribution in [0.5, 0.6) is 0 Å². The summed E-state index contributed by atoms with van der Waals surface area (Å²) in [6, 6.07) is 4.56. The number of hydrogen-bond donors (Lipinski definition) is 1. The Bertz CT molecular complexity index is 689. The SMILES string of the molecule is Cc1c(CCCCCC(C)(C)OC=O)ccc(CCCCCC(C)(C)C(=O)O)c1C. The first kappa shape index (κ1) is 26.2. The average Bonchev–Trinajstić information content (AvgIpc) is 2.65. The van der Waals surface area contributed by atoms with Gasteiger partial charge in [-0.3, -0.25) is 9.59 Å². The number of rotatable bonds is 15. The zero-order chi connectivity index (χ0) is 22.8. The average molecular weight is 419 g/mol. The predicted octanol–water partition coefficient (Wildman–Crippen LogP) is 6.57. The fourth-order valence-corrected chi connectivity index (χ4v) is 3.87. The van der Waals surface area contributed by atoms with Crippen LogP contribution in [-0.4, -0.2) is 23.1 Å². The van der Waals surface area contributed by atoms with Gasteiger partial charge < -0.3 is 9.84 Å². The van der Waals surface area contributed by atoms with Crippen LogP contribution in [0.1, 0.15) is 101 Å². The number of aryl methyl sites for hydroxylation is 2. The summed E-state index contributed by atoms with van der Waals surface area (Å²) in [6.07, 6.45) is 10.3. The Labute approximate surface area is 183 Å². The molecule has 1 N–H and O–H groups in total. The normalized spacial score (nSPS) is 12.1. The van der Waals surface area contributed by atoms with E-state index in [1.54, 1.807) is 13.8 Å². The lowest BCUT2D eigenvalue weighted by Gasteiger charge is -2.22. The molecule has 0 radical (unpaired) electrons. The van der Waals surface area contributed by atoms with E-state index in [4.69, 9.17) is 4.74 Å². The van der Waals surface area contributed by atoms with Gasteiger partial charge in [-0.05, 0) is 109 Å². The van der Waals surface area contributed by atoms with Crippen molar-refractivity contribution in [1.82, 2.24) is 0 Å². The summed E-state index contributed by atoms with van der Waals surface area (Å²) < 4.78 is 5.11. The highest BCUT2D eigenvalue weighted by molar-refractivity contribution is 5.73. The van der Waals surface area contributed by atoms with E-state index >= 15 is 0 Å². The molecule has 0 aliphatic carbocycles. The molecule has 0 spiro atoms. The molecule has 170 valence electrons. The van der Waals surface area contributed by atoms with Crippen LogP contribution in [0.3, 0.4) is 0 Å². The molecule has 0 aliphatic heterocycles. The van der Waals surface area contributed by atoms with E-state index in [1.165, 1.54) is 22.3 Å². The summed E-state index contributed by atoms with van der Waals surface area (Å²) in [5.41, 5.74) is 4.68. The van der Waals surface area contributed by atoms with Crippen molar-refractivity contribution < 1.29 is 19.4 Å². The van der Waals surface area contributed by atoms with E-state index in [0.717, 1.165) is 64.2 Å². The maximum Gasteiger partial charge on any atom is 0.309 e. The minimum absolute atomic E-state index is 0.362. The monoisotopic (exact) mass is 418 g/mol. The highest BCUT2D eigenvalue weighted by Gasteiger charge is 2.25. The third kappa shape index (κ3) is 8.89. The number of hydrogen-bond acceptors (Lipinski definition) is 3. The van der Waals surface area contributed by atoms with Crippen LogP contribution >= 0.6 is 0 Å². The standard InChI is InChI=1S/C26H42O4/c1-20-21(2)23(14-10-8-12-18-26(5,6)30-19-27)16-15-22(20)13-9-7-11-17-25(3,4)24(28)29/h15-16,19H,7-14,17-18H2,1-6H3,(H,28,29). The quantitative estimate of drug-likeness (QED) is 0.258. The fraction of sp³-hybridized carbons (Fsp3) is 0.692. The minimum Gasteiger partial charge on any atom is -0.481 e. The van der Waals surface area contributed by atoms with Gasteiger partial charge in [0.2, 0.25) is 0 Å². The molecule has 4 nitrogen and oxygen atoms in total. The molecule has 0 atom stereocenters. The van der Waals surface area contributed by atoms with Gasteiger partial charge in [-0.1, -0.05) is 31.4 Å². The highest BCUT2D eigenvalue weighted by Crippen LogP contribution is 2.26. The van der Waals surface area contributed by atoms with Crippen molar-refractivity contribution in [2.24, 2.45) is 5.41 Å². The molecule has 0 amide bonds. The van der Waals surface area contributed by atoms with Gasteiger partial charge in [-0.2, -0.15) is 0 Å². The van der Waals surface area contributed by atoms with E-state index in [0.29, 0.717) is 6.47 Å². The lowest BCUT2D eigenvalue weighted by Crippen LogP contribution is -2.23. The van der Waals surface area contributed by atoms with Crippen LogP contribution in [0.2, 0.25) is 0 Å². The van der Waals surface area contributed by atoms with Gasteiger partial charge in [-0.15, -0.1) is 0 Å². The summed E-state index contributed by atoms with van der Waals surface area (Å²) in [4.78, 5) is 21.7. The second kappa shape index (κ2) is 12.1. The number of carbonyl (C=O) groups is 2. The Morgan fingerprint density at radius 1 is 0.867 bits per heavy atom. The van der Waals surface area contributed by atoms with Crippen molar-refractivity contribution in [3.63, 3.8) is 0 Å². The Morgan fingerprint density at radius 3 is 1.77 bits per heavy atom. The summed E-state index contributed by atoms with van der Waals surface area (Å²) in [6.45, 7) is 12.5. The Morgan fingerprint density at radius 2 is 1.33 bits per heavy atom. The van der Waals surface area contributed by atoms with Crippen LogP contribution in [0.15, 0.2) is 12.1 Å². The Hall–Kier alpha value is -1.84. The smallest absolute Gasteiger partial charge is 0.309 e. The lowest BCUT2D eigenvalue weighted by molar-refractivity contribution is -0.147. The molecule has 1 aromatic carbocycles. The third-order valence-corrected chi connectivity index (χ3v) is 6.43. The molecule has 0 saturated carbocycles. The molecule has 1 aromatic rings. The van der Waals surface area contributed by atoms with Crippen molar-refractivity contribution in [2.75, 3.05) is 0 Å². The molecule has 30 heavy (non-hydrogen) atoms. The fourth-order valence-electron chi connectivity index (χ4n) is 3.87. The summed E-state index contributed by atoms with van der Waals surface area (Å²) >= 11 is 0.